The number of nitrogens with one attached hydrogen (secondary N) is 1. The van der Waals surface area contributed by atoms with Crippen LogP contribution in [0.15, 0.2) is 65.4 Å². The molecule has 1 atom stereocenters. The van der Waals surface area contributed by atoms with Crippen molar-refractivity contribution in [2.24, 2.45) is 0 Å². The van der Waals surface area contributed by atoms with E-state index in [9.17, 15) is 0 Å². The molecule has 32 heavy (non-hydrogen) atoms. The summed E-state index contributed by atoms with van der Waals surface area (Å²) in [7, 11) is 4.07. The summed E-state index contributed by atoms with van der Waals surface area (Å²) in [5.74, 6) is 0. The van der Waals surface area contributed by atoms with Gasteiger partial charge in [-0.25, -0.2) is 15.0 Å². The second kappa shape index (κ2) is 8.94. The van der Waals surface area contributed by atoms with Crippen LogP contribution in [0.3, 0.4) is 0 Å². The van der Waals surface area contributed by atoms with E-state index in [0.29, 0.717) is 12.3 Å². The highest BCUT2D eigenvalue weighted by Gasteiger charge is 2.23. The van der Waals surface area contributed by atoms with Crippen LogP contribution in [-0.4, -0.2) is 48.7 Å². The molecule has 1 aliphatic heterocycles. The second-order valence-corrected chi connectivity index (χ2v) is 8.94. The highest BCUT2D eigenvalue weighted by molar-refractivity contribution is 9.10. The molecule has 0 aliphatic carbocycles. The van der Waals surface area contributed by atoms with E-state index in [4.69, 9.17) is 9.72 Å². The molecule has 7 heteroatoms. The van der Waals surface area contributed by atoms with Gasteiger partial charge in [0, 0.05) is 42.9 Å². The van der Waals surface area contributed by atoms with Gasteiger partial charge in [-0.15, -0.1) is 0 Å². The highest BCUT2D eigenvalue weighted by Crippen LogP contribution is 2.36. The van der Waals surface area contributed by atoms with Crippen LogP contribution in [0.5, 0.6) is 0 Å². The van der Waals surface area contributed by atoms with E-state index in [2.05, 4.69) is 78.6 Å². The van der Waals surface area contributed by atoms with E-state index >= 15 is 0 Å². The Bertz CT molecular complexity index is 1250. The van der Waals surface area contributed by atoms with E-state index < -0.39 is 0 Å². The Morgan fingerprint density at radius 2 is 1.88 bits per heavy atom. The first kappa shape index (κ1) is 21.0. The van der Waals surface area contributed by atoms with Gasteiger partial charge < -0.3 is 15.0 Å². The quantitative estimate of drug-likeness (QED) is 0.442. The van der Waals surface area contributed by atoms with Crippen molar-refractivity contribution >= 4 is 32.7 Å². The van der Waals surface area contributed by atoms with Crippen LogP contribution in [0.4, 0.5) is 5.69 Å². The van der Waals surface area contributed by atoms with Gasteiger partial charge in [-0.05, 0) is 41.5 Å². The minimum Gasteiger partial charge on any atom is -0.378 e. The zero-order chi connectivity index (χ0) is 22.1. The molecular weight excluding hydrogens is 466 g/mol. The summed E-state index contributed by atoms with van der Waals surface area (Å²) in [6, 6.07) is 18.8. The summed E-state index contributed by atoms with van der Waals surface area (Å²) in [6.07, 6.45) is 1.46. The summed E-state index contributed by atoms with van der Waals surface area (Å²) in [5.41, 5.74) is 6.75. The van der Waals surface area contributed by atoms with E-state index in [-0.39, 0.29) is 6.10 Å². The number of aromatic nitrogens is 3. The first-order valence-electron chi connectivity index (χ1n) is 10.6. The zero-order valence-electron chi connectivity index (χ0n) is 18.0. The number of fused-ring (bicyclic) bond motifs is 1. The molecule has 2 aromatic carbocycles. The van der Waals surface area contributed by atoms with Crippen LogP contribution >= 0.6 is 15.9 Å². The Balaban J connectivity index is 1.73. The van der Waals surface area contributed by atoms with Crippen molar-refractivity contribution in [3.05, 3.63) is 71.1 Å². The number of morpholine rings is 1. The van der Waals surface area contributed by atoms with Gasteiger partial charge in [0.25, 0.3) is 0 Å². The number of anilines is 1. The van der Waals surface area contributed by atoms with Gasteiger partial charge >= 0.3 is 0 Å². The minimum atomic E-state index is -0.132. The molecule has 3 heterocycles. The van der Waals surface area contributed by atoms with Crippen molar-refractivity contribution < 1.29 is 4.74 Å². The lowest BCUT2D eigenvalue weighted by atomic mass is 9.97. The van der Waals surface area contributed by atoms with E-state index in [1.807, 2.05) is 26.2 Å². The van der Waals surface area contributed by atoms with Gasteiger partial charge in [0.1, 0.15) is 12.4 Å². The van der Waals surface area contributed by atoms with Gasteiger partial charge in [-0.1, -0.05) is 40.2 Å². The van der Waals surface area contributed by atoms with Gasteiger partial charge in [0.05, 0.1) is 23.4 Å². The van der Waals surface area contributed by atoms with Gasteiger partial charge in [0.2, 0.25) is 0 Å². The van der Waals surface area contributed by atoms with Gasteiger partial charge in [-0.3, -0.25) is 0 Å². The fraction of sp³-hybridized carbons (Fsp3) is 0.240. The average Bonchev–Trinajstić information content (AvgIpc) is 2.83. The third-order valence-electron chi connectivity index (χ3n) is 5.68. The Morgan fingerprint density at radius 1 is 1.03 bits per heavy atom. The summed E-state index contributed by atoms with van der Waals surface area (Å²) in [6.45, 7) is 2.23. The van der Waals surface area contributed by atoms with Crippen molar-refractivity contribution in [3.63, 3.8) is 0 Å². The number of ether oxygens (including phenoxy) is 1. The molecule has 0 radical (unpaired) electrons. The lowest BCUT2D eigenvalue weighted by Gasteiger charge is -2.24. The lowest BCUT2D eigenvalue weighted by Crippen LogP contribution is -2.34. The minimum absolute atomic E-state index is 0.132. The fourth-order valence-corrected chi connectivity index (χ4v) is 4.43. The number of rotatable bonds is 4. The van der Waals surface area contributed by atoms with Crippen LogP contribution in [0.1, 0.15) is 11.8 Å². The SMILES string of the molecule is CN(C)c1ccc(-c2cc(-c3cccc(Br)c3)c3c(C4CNCCO4)ncnc3n2)cc1. The molecule has 4 aromatic rings. The number of halogens is 1. The molecule has 0 bridgehead atoms. The lowest BCUT2D eigenvalue weighted by molar-refractivity contribution is 0.0260. The molecule has 6 nitrogen and oxygen atoms in total. The summed E-state index contributed by atoms with van der Waals surface area (Å²) in [4.78, 5) is 16.2. The van der Waals surface area contributed by atoms with E-state index in [1.54, 1.807) is 6.33 Å². The fourth-order valence-electron chi connectivity index (χ4n) is 4.03. The van der Waals surface area contributed by atoms with Crippen molar-refractivity contribution in [1.29, 1.82) is 0 Å². The molecule has 1 saturated heterocycles. The summed E-state index contributed by atoms with van der Waals surface area (Å²) >= 11 is 3.62. The molecular formula is C25H24BrN5O. The highest BCUT2D eigenvalue weighted by atomic mass is 79.9. The summed E-state index contributed by atoms with van der Waals surface area (Å²) < 4.78 is 7.06. The zero-order valence-corrected chi connectivity index (χ0v) is 19.6. The maximum atomic E-state index is 6.04. The predicted octanol–water partition coefficient (Wildman–Crippen LogP) is 4.85. The van der Waals surface area contributed by atoms with Crippen LogP contribution in [0.25, 0.3) is 33.4 Å². The smallest absolute Gasteiger partial charge is 0.164 e. The van der Waals surface area contributed by atoms with Crippen molar-refractivity contribution in [1.82, 2.24) is 20.3 Å². The van der Waals surface area contributed by atoms with Crippen molar-refractivity contribution in [2.75, 3.05) is 38.7 Å². The second-order valence-electron chi connectivity index (χ2n) is 8.03. The van der Waals surface area contributed by atoms with E-state index in [1.165, 1.54) is 0 Å². The molecule has 0 saturated carbocycles. The van der Waals surface area contributed by atoms with Crippen molar-refractivity contribution in [2.45, 2.75) is 6.10 Å². The summed E-state index contributed by atoms with van der Waals surface area (Å²) in [5, 5.41) is 4.34. The predicted molar refractivity (Wildman–Crippen MR) is 132 cm³/mol. The maximum Gasteiger partial charge on any atom is 0.164 e. The standard InChI is InChI=1S/C25H24BrN5O/c1-31(2)19-8-6-16(7-9-19)21-13-20(17-4-3-5-18(26)12-17)23-24(22-14-27-10-11-32-22)28-15-29-25(23)30-21/h3-9,12-13,15,22,27H,10-11,14H2,1-2H3. The monoisotopic (exact) mass is 489 g/mol. The number of hydrogen-bond acceptors (Lipinski definition) is 6. The van der Waals surface area contributed by atoms with Crippen LogP contribution in [0.2, 0.25) is 0 Å². The molecule has 162 valence electrons. The molecule has 1 unspecified atom stereocenters. The third kappa shape index (κ3) is 4.11. The Hall–Kier alpha value is -2.87. The number of pyridine rings is 1. The Morgan fingerprint density at radius 3 is 2.59 bits per heavy atom. The Kier molecular flexibility index (Phi) is 5.87. The Labute approximate surface area is 195 Å². The number of hydrogen-bond donors (Lipinski definition) is 1. The number of nitrogens with zero attached hydrogens (tertiary/aromatic N) is 4. The van der Waals surface area contributed by atoms with Gasteiger partial charge in [-0.2, -0.15) is 0 Å². The van der Waals surface area contributed by atoms with Crippen molar-refractivity contribution in [3.8, 4) is 22.4 Å². The van der Waals surface area contributed by atoms with Crippen LogP contribution < -0.4 is 10.2 Å². The maximum absolute atomic E-state index is 6.04. The molecule has 1 aliphatic rings. The topological polar surface area (TPSA) is 63.2 Å². The first-order valence-corrected chi connectivity index (χ1v) is 11.4. The molecule has 0 spiro atoms. The van der Waals surface area contributed by atoms with Crippen LogP contribution in [0, 0.1) is 0 Å². The molecule has 5 rings (SSSR count). The molecule has 1 fully saturated rings. The van der Waals surface area contributed by atoms with Gasteiger partial charge in [0.15, 0.2) is 5.65 Å². The largest absolute Gasteiger partial charge is 0.378 e. The normalized spacial score (nSPS) is 16.3. The first-order chi connectivity index (χ1) is 15.6. The average molecular weight is 490 g/mol. The molecule has 0 amide bonds. The van der Waals surface area contributed by atoms with E-state index in [0.717, 1.165) is 56.7 Å². The third-order valence-corrected chi connectivity index (χ3v) is 6.17. The molecule has 1 N–H and O–H groups in total. The molecule has 2 aromatic heterocycles. The van der Waals surface area contributed by atoms with Crippen LogP contribution in [-0.2, 0) is 4.74 Å². The number of benzene rings is 2.